The van der Waals surface area contributed by atoms with Crippen LogP contribution < -0.4 is 10.9 Å². The number of hydrogen-bond donors (Lipinski definition) is 2. The van der Waals surface area contributed by atoms with Gasteiger partial charge in [-0.3, -0.25) is 14.8 Å². The van der Waals surface area contributed by atoms with Gasteiger partial charge in [0.05, 0.1) is 5.69 Å². The highest BCUT2D eigenvalue weighted by Crippen LogP contribution is 2.25. The zero-order chi connectivity index (χ0) is 13.5. The van der Waals surface area contributed by atoms with Crippen molar-refractivity contribution in [2.24, 2.45) is 5.92 Å². The van der Waals surface area contributed by atoms with Gasteiger partial charge in [0.2, 0.25) is 0 Å². The topological polar surface area (TPSA) is 78.3 Å². The number of likely N-dealkylation sites (tertiary alicyclic amines) is 1. The van der Waals surface area contributed by atoms with Crippen LogP contribution in [0.4, 0.5) is 0 Å². The maximum absolute atomic E-state index is 11.9. The Balaban J connectivity index is 1.54. The smallest absolute Gasteiger partial charge is 0.274 e. The van der Waals surface area contributed by atoms with Crippen LogP contribution in [0.3, 0.4) is 0 Å². The molecule has 0 unspecified atom stereocenters. The van der Waals surface area contributed by atoms with Crippen LogP contribution >= 0.6 is 0 Å². The fourth-order valence-electron chi connectivity index (χ4n) is 3.44. The second kappa shape index (κ2) is 4.68. The van der Waals surface area contributed by atoms with Gasteiger partial charge in [-0.25, -0.2) is 9.97 Å². The predicted octanol–water partition coefficient (Wildman–Crippen LogP) is -0.399. The predicted molar refractivity (Wildman–Crippen MR) is 73.4 cm³/mol. The molecule has 0 spiro atoms. The van der Waals surface area contributed by atoms with E-state index in [2.05, 4.69) is 25.3 Å². The van der Waals surface area contributed by atoms with E-state index in [9.17, 15) is 4.79 Å². The minimum absolute atomic E-state index is 0.0998. The molecular weight excluding hydrogens is 256 g/mol. The van der Waals surface area contributed by atoms with Gasteiger partial charge in [0, 0.05) is 31.7 Å². The lowest BCUT2D eigenvalue weighted by Gasteiger charge is -2.24. The highest BCUT2D eigenvalue weighted by atomic mass is 16.1. The van der Waals surface area contributed by atoms with Crippen molar-refractivity contribution in [3.05, 3.63) is 28.4 Å². The van der Waals surface area contributed by atoms with E-state index in [1.54, 1.807) is 6.07 Å². The maximum Gasteiger partial charge on any atom is 0.274 e. The molecule has 0 amide bonds. The number of fused-ring (bicyclic) bond motifs is 2. The Labute approximate surface area is 116 Å². The second-order valence-electron chi connectivity index (χ2n) is 5.77. The van der Waals surface area contributed by atoms with Gasteiger partial charge < -0.3 is 5.32 Å². The van der Waals surface area contributed by atoms with Crippen LogP contribution in [0.15, 0.2) is 17.2 Å². The molecule has 2 N–H and O–H groups in total. The summed E-state index contributed by atoms with van der Waals surface area (Å²) in [7, 11) is 0. The van der Waals surface area contributed by atoms with E-state index >= 15 is 0 Å². The van der Waals surface area contributed by atoms with Crippen molar-refractivity contribution < 1.29 is 0 Å². The molecule has 4 rings (SSSR count). The molecule has 0 aromatic carbocycles. The van der Waals surface area contributed by atoms with Gasteiger partial charge >= 0.3 is 0 Å². The quantitative estimate of drug-likeness (QED) is 0.779. The highest BCUT2D eigenvalue weighted by molar-refractivity contribution is 5.26. The molecule has 2 aromatic rings. The summed E-state index contributed by atoms with van der Waals surface area (Å²) in [5.74, 6) is 1.20. The Hall–Kier alpha value is -1.73. The van der Waals surface area contributed by atoms with Gasteiger partial charge in [0.15, 0.2) is 0 Å². The molecule has 0 aliphatic carbocycles. The summed E-state index contributed by atoms with van der Waals surface area (Å²) < 4.78 is 1.36. The van der Waals surface area contributed by atoms with Gasteiger partial charge in [0.25, 0.3) is 11.3 Å². The number of aromatic amines is 1. The van der Waals surface area contributed by atoms with E-state index in [0.29, 0.717) is 11.8 Å². The first kappa shape index (κ1) is 12.0. The number of nitrogens with zero attached hydrogens (tertiary/aromatic N) is 4. The summed E-state index contributed by atoms with van der Waals surface area (Å²) in [6.45, 7) is 4.01. The van der Waals surface area contributed by atoms with Gasteiger partial charge in [-0.15, -0.1) is 0 Å². The molecule has 2 saturated heterocycles. The van der Waals surface area contributed by atoms with Crippen LogP contribution in [0.25, 0.3) is 5.78 Å². The molecule has 2 fully saturated rings. The standard InChI is InChI=1S/C13H18N6O/c20-12-4-10(17-13-15-8-16-19(12)13)6-18-5-9-2-1-3-14-11(9)7-18/h4,8-9,11,14H,1-3,5-7H2,(H,15,16,17)/t9-,11+/m0/s1. The summed E-state index contributed by atoms with van der Waals surface area (Å²) in [6.07, 6.45) is 4.07. The molecule has 20 heavy (non-hydrogen) atoms. The number of rotatable bonds is 2. The first-order chi connectivity index (χ1) is 9.79. The average Bonchev–Trinajstić information content (AvgIpc) is 3.04. The number of hydrogen-bond acceptors (Lipinski definition) is 5. The molecule has 0 bridgehead atoms. The molecule has 0 radical (unpaired) electrons. The number of aromatic nitrogens is 4. The molecule has 106 valence electrons. The lowest BCUT2D eigenvalue weighted by Crippen LogP contribution is -2.40. The summed E-state index contributed by atoms with van der Waals surface area (Å²) in [5, 5.41) is 6.34. The lowest BCUT2D eigenvalue weighted by molar-refractivity contribution is 0.309. The number of nitrogens with one attached hydrogen (secondary N) is 2. The van der Waals surface area contributed by atoms with E-state index in [0.717, 1.165) is 37.8 Å². The van der Waals surface area contributed by atoms with Crippen LogP contribution in [-0.2, 0) is 6.54 Å². The Morgan fingerprint density at radius 2 is 2.35 bits per heavy atom. The van der Waals surface area contributed by atoms with Crippen LogP contribution in [0.1, 0.15) is 18.5 Å². The third-order valence-corrected chi connectivity index (χ3v) is 4.38. The molecule has 0 saturated carbocycles. The molecule has 7 heteroatoms. The van der Waals surface area contributed by atoms with Crippen molar-refractivity contribution in [3.63, 3.8) is 0 Å². The first-order valence-corrected chi connectivity index (χ1v) is 7.17. The van der Waals surface area contributed by atoms with Gasteiger partial charge in [0.1, 0.15) is 6.33 Å². The summed E-state index contributed by atoms with van der Waals surface area (Å²) in [5.41, 5.74) is 0.706. The highest BCUT2D eigenvalue weighted by Gasteiger charge is 2.34. The summed E-state index contributed by atoms with van der Waals surface area (Å²) in [6, 6.07) is 2.21. The zero-order valence-corrected chi connectivity index (χ0v) is 11.2. The van der Waals surface area contributed by atoms with E-state index in [1.165, 1.54) is 23.7 Å². The molecule has 4 heterocycles. The largest absolute Gasteiger partial charge is 0.312 e. The molecule has 2 aliphatic heterocycles. The molecule has 2 aromatic heterocycles. The van der Waals surface area contributed by atoms with E-state index < -0.39 is 0 Å². The molecule has 2 atom stereocenters. The minimum Gasteiger partial charge on any atom is -0.312 e. The van der Waals surface area contributed by atoms with Crippen LogP contribution in [0.5, 0.6) is 0 Å². The number of piperidine rings is 1. The van der Waals surface area contributed by atoms with E-state index in [1.807, 2.05) is 0 Å². The van der Waals surface area contributed by atoms with E-state index in [4.69, 9.17) is 0 Å². The molecule has 2 aliphatic rings. The fraction of sp³-hybridized carbons (Fsp3) is 0.615. The lowest BCUT2D eigenvalue weighted by atomic mass is 9.94. The van der Waals surface area contributed by atoms with Crippen molar-refractivity contribution in [2.45, 2.75) is 25.4 Å². The minimum atomic E-state index is -0.0998. The van der Waals surface area contributed by atoms with Crippen LogP contribution in [0, 0.1) is 5.92 Å². The monoisotopic (exact) mass is 274 g/mol. The molecular formula is C13H18N6O. The van der Waals surface area contributed by atoms with Crippen molar-refractivity contribution in [1.82, 2.24) is 29.8 Å². The number of H-pyrrole nitrogens is 1. The third-order valence-electron chi connectivity index (χ3n) is 4.38. The van der Waals surface area contributed by atoms with Gasteiger partial charge in [-0.05, 0) is 25.3 Å². The van der Waals surface area contributed by atoms with Crippen molar-refractivity contribution in [3.8, 4) is 0 Å². The zero-order valence-electron chi connectivity index (χ0n) is 11.2. The third kappa shape index (κ3) is 2.03. The van der Waals surface area contributed by atoms with Crippen LogP contribution in [0.2, 0.25) is 0 Å². The average molecular weight is 274 g/mol. The Kier molecular flexibility index (Phi) is 2.82. The van der Waals surface area contributed by atoms with Crippen molar-refractivity contribution in [1.29, 1.82) is 0 Å². The summed E-state index contributed by atoms with van der Waals surface area (Å²) >= 11 is 0. The normalized spacial score (nSPS) is 27.0. The Morgan fingerprint density at radius 3 is 3.25 bits per heavy atom. The van der Waals surface area contributed by atoms with Crippen molar-refractivity contribution >= 4 is 5.78 Å². The van der Waals surface area contributed by atoms with Crippen LogP contribution in [-0.4, -0.2) is 50.2 Å². The van der Waals surface area contributed by atoms with Crippen molar-refractivity contribution in [2.75, 3.05) is 19.6 Å². The second-order valence-corrected chi connectivity index (χ2v) is 5.77. The Morgan fingerprint density at radius 1 is 1.40 bits per heavy atom. The summed E-state index contributed by atoms with van der Waals surface area (Å²) in [4.78, 5) is 22.8. The van der Waals surface area contributed by atoms with Gasteiger partial charge in [-0.1, -0.05) is 0 Å². The maximum atomic E-state index is 11.9. The van der Waals surface area contributed by atoms with E-state index in [-0.39, 0.29) is 5.56 Å². The SMILES string of the molecule is O=c1cc(CN2C[C@@H]3CCCN[C@@H]3C2)nc2nc[nH]n12. The fourth-order valence-corrected chi connectivity index (χ4v) is 3.44. The van der Waals surface area contributed by atoms with Gasteiger partial charge in [-0.2, -0.15) is 4.52 Å². The molecule has 7 nitrogen and oxygen atoms in total. The Bertz CT molecular complexity index is 663. The first-order valence-electron chi connectivity index (χ1n) is 7.17.